The molecule has 5 heteroatoms. The maximum atomic E-state index is 4.25. The molecule has 1 aromatic carbocycles. The van der Waals surface area contributed by atoms with Gasteiger partial charge in [0.25, 0.3) is 0 Å². The van der Waals surface area contributed by atoms with Gasteiger partial charge in [-0.15, -0.1) is 10.2 Å². The topological polar surface area (TPSA) is 47.7 Å². The highest BCUT2D eigenvalue weighted by atomic mass is 15.3. The van der Waals surface area contributed by atoms with E-state index in [1.165, 1.54) is 16.5 Å². The molecule has 0 fully saturated rings. The molecule has 2 heterocycles. The lowest BCUT2D eigenvalue weighted by atomic mass is 10.1. The van der Waals surface area contributed by atoms with Crippen molar-refractivity contribution < 1.29 is 0 Å². The summed E-state index contributed by atoms with van der Waals surface area (Å²) in [7, 11) is 2.01. The Kier molecular flexibility index (Phi) is 3.75. The minimum Gasteiger partial charge on any atom is -0.340 e. The van der Waals surface area contributed by atoms with E-state index in [9.17, 15) is 0 Å². The summed E-state index contributed by atoms with van der Waals surface area (Å²) in [4.78, 5) is 0. The zero-order valence-corrected chi connectivity index (χ0v) is 12.8. The van der Waals surface area contributed by atoms with Gasteiger partial charge in [-0.05, 0) is 36.6 Å². The van der Waals surface area contributed by atoms with E-state index in [1.807, 2.05) is 18.5 Å². The van der Waals surface area contributed by atoms with E-state index in [0.717, 1.165) is 31.3 Å². The molecule has 0 aliphatic carbocycles. The van der Waals surface area contributed by atoms with Crippen molar-refractivity contribution in [2.75, 3.05) is 6.54 Å². The van der Waals surface area contributed by atoms with Crippen LogP contribution in [-0.2, 0) is 20.1 Å². The average molecular weight is 283 g/mol. The van der Waals surface area contributed by atoms with Crippen LogP contribution >= 0.6 is 0 Å². The zero-order chi connectivity index (χ0) is 14.8. The van der Waals surface area contributed by atoms with E-state index in [4.69, 9.17) is 0 Å². The molecule has 0 aliphatic heterocycles. The Morgan fingerprint density at radius 2 is 2.05 bits per heavy atom. The van der Waals surface area contributed by atoms with E-state index < -0.39 is 0 Å². The van der Waals surface area contributed by atoms with Crippen molar-refractivity contribution in [3.8, 4) is 0 Å². The van der Waals surface area contributed by atoms with Crippen molar-refractivity contribution in [3.63, 3.8) is 0 Å². The van der Waals surface area contributed by atoms with E-state index >= 15 is 0 Å². The van der Waals surface area contributed by atoms with E-state index in [1.54, 1.807) is 0 Å². The monoisotopic (exact) mass is 283 g/mol. The highest BCUT2D eigenvalue weighted by Crippen LogP contribution is 2.19. The minimum atomic E-state index is 0.742. The number of aromatic nitrogens is 4. The molecule has 0 spiro atoms. The first-order chi connectivity index (χ1) is 10.2. The highest BCUT2D eigenvalue weighted by molar-refractivity contribution is 5.80. The van der Waals surface area contributed by atoms with Crippen molar-refractivity contribution >= 4 is 10.9 Å². The van der Waals surface area contributed by atoms with E-state index in [-0.39, 0.29) is 0 Å². The quantitative estimate of drug-likeness (QED) is 0.781. The largest absolute Gasteiger partial charge is 0.340 e. The molecule has 3 aromatic rings. The van der Waals surface area contributed by atoms with Gasteiger partial charge >= 0.3 is 0 Å². The van der Waals surface area contributed by atoms with Gasteiger partial charge in [0, 0.05) is 25.3 Å². The lowest BCUT2D eigenvalue weighted by molar-refractivity contribution is 0.706. The summed E-state index contributed by atoms with van der Waals surface area (Å²) >= 11 is 0. The molecule has 0 atom stereocenters. The van der Waals surface area contributed by atoms with Crippen LogP contribution in [0.15, 0.2) is 30.5 Å². The first kappa shape index (κ1) is 13.8. The molecule has 2 aromatic heterocycles. The third-order valence-electron chi connectivity index (χ3n) is 3.91. The molecule has 0 unspecified atom stereocenters. The molecule has 0 saturated heterocycles. The molecule has 5 nitrogen and oxygen atoms in total. The van der Waals surface area contributed by atoms with Crippen molar-refractivity contribution in [1.29, 1.82) is 0 Å². The Morgan fingerprint density at radius 3 is 2.76 bits per heavy atom. The van der Waals surface area contributed by atoms with Gasteiger partial charge in [0.2, 0.25) is 0 Å². The maximum Gasteiger partial charge on any atom is 0.152 e. The molecule has 0 amide bonds. The Bertz CT molecular complexity index is 753. The summed E-state index contributed by atoms with van der Waals surface area (Å²) in [6, 6.07) is 8.76. The third kappa shape index (κ3) is 2.69. The Balaban J connectivity index is 1.93. The summed E-state index contributed by atoms with van der Waals surface area (Å²) in [5.41, 5.74) is 2.55. The van der Waals surface area contributed by atoms with E-state index in [2.05, 4.69) is 57.5 Å². The SMILES string of the molecule is CCNCc1ccc2ccn(Cc3nnc(C)n3C)c2c1. The van der Waals surface area contributed by atoms with Crippen LogP contribution in [0.25, 0.3) is 10.9 Å². The third-order valence-corrected chi connectivity index (χ3v) is 3.91. The lowest BCUT2D eigenvalue weighted by Crippen LogP contribution is -2.11. The molecule has 0 radical (unpaired) electrons. The van der Waals surface area contributed by atoms with Crippen molar-refractivity contribution in [2.45, 2.75) is 26.9 Å². The van der Waals surface area contributed by atoms with Gasteiger partial charge in [-0.25, -0.2) is 0 Å². The number of nitrogens with one attached hydrogen (secondary N) is 1. The van der Waals surface area contributed by atoms with Gasteiger partial charge in [-0.1, -0.05) is 19.1 Å². The first-order valence-corrected chi connectivity index (χ1v) is 7.32. The van der Waals surface area contributed by atoms with Crippen molar-refractivity contribution in [3.05, 3.63) is 47.7 Å². The van der Waals surface area contributed by atoms with Gasteiger partial charge < -0.3 is 14.5 Å². The van der Waals surface area contributed by atoms with Crippen LogP contribution in [0.1, 0.15) is 24.1 Å². The fourth-order valence-corrected chi connectivity index (χ4v) is 2.49. The van der Waals surface area contributed by atoms with Crippen LogP contribution in [0.5, 0.6) is 0 Å². The van der Waals surface area contributed by atoms with Crippen molar-refractivity contribution in [2.24, 2.45) is 7.05 Å². The number of nitrogens with zero attached hydrogens (tertiary/aromatic N) is 4. The molecule has 1 N–H and O–H groups in total. The lowest BCUT2D eigenvalue weighted by Gasteiger charge is -2.07. The van der Waals surface area contributed by atoms with Crippen molar-refractivity contribution in [1.82, 2.24) is 24.6 Å². The fraction of sp³-hybridized carbons (Fsp3) is 0.375. The summed E-state index contributed by atoms with van der Waals surface area (Å²) in [5.74, 6) is 1.91. The molecule has 0 saturated carbocycles. The molecular formula is C16H21N5. The number of hydrogen-bond acceptors (Lipinski definition) is 3. The average Bonchev–Trinajstić information content (AvgIpc) is 3.03. The smallest absolute Gasteiger partial charge is 0.152 e. The fourth-order valence-electron chi connectivity index (χ4n) is 2.49. The molecule has 110 valence electrons. The summed E-state index contributed by atoms with van der Waals surface area (Å²) < 4.78 is 4.27. The molecule has 21 heavy (non-hydrogen) atoms. The van der Waals surface area contributed by atoms with Gasteiger partial charge in [-0.2, -0.15) is 0 Å². The van der Waals surface area contributed by atoms with Gasteiger partial charge in [0.1, 0.15) is 5.82 Å². The first-order valence-electron chi connectivity index (χ1n) is 7.32. The predicted octanol–water partition coefficient (Wildman–Crippen LogP) is 2.24. The molecule has 3 rings (SSSR count). The normalized spacial score (nSPS) is 11.4. The Hall–Kier alpha value is -2.14. The van der Waals surface area contributed by atoms with Gasteiger partial charge in [0.15, 0.2) is 5.82 Å². The van der Waals surface area contributed by atoms with Crippen LogP contribution in [0.4, 0.5) is 0 Å². The minimum absolute atomic E-state index is 0.742. The number of hydrogen-bond donors (Lipinski definition) is 1. The highest BCUT2D eigenvalue weighted by Gasteiger charge is 2.08. The maximum absolute atomic E-state index is 4.25. The molecular weight excluding hydrogens is 262 g/mol. The number of aryl methyl sites for hydroxylation is 1. The summed E-state index contributed by atoms with van der Waals surface area (Å²) in [5, 5.41) is 13.0. The van der Waals surface area contributed by atoms with Gasteiger partial charge in [-0.3, -0.25) is 0 Å². The summed E-state index contributed by atoms with van der Waals surface area (Å²) in [6.45, 7) is 6.72. The van der Waals surface area contributed by atoms with Crippen LogP contribution in [0.3, 0.4) is 0 Å². The molecule has 0 bridgehead atoms. The Labute approximate surface area is 124 Å². The number of fused-ring (bicyclic) bond motifs is 1. The van der Waals surface area contributed by atoms with Crippen LogP contribution in [0, 0.1) is 6.92 Å². The van der Waals surface area contributed by atoms with E-state index in [0.29, 0.717) is 0 Å². The number of benzene rings is 1. The second-order valence-electron chi connectivity index (χ2n) is 5.34. The second-order valence-corrected chi connectivity index (χ2v) is 5.34. The Morgan fingerprint density at radius 1 is 1.19 bits per heavy atom. The zero-order valence-electron chi connectivity index (χ0n) is 12.8. The van der Waals surface area contributed by atoms with Gasteiger partial charge in [0.05, 0.1) is 6.54 Å². The standard InChI is InChI=1S/C16H21N5/c1-4-17-10-13-5-6-14-7-8-21(15(14)9-13)11-16-19-18-12(2)20(16)3/h5-9,17H,4,10-11H2,1-3H3. The predicted molar refractivity (Wildman–Crippen MR) is 84.2 cm³/mol. The molecule has 0 aliphatic rings. The van der Waals surface area contributed by atoms with Crippen LogP contribution in [-0.4, -0.2) is 25.9 Å². The van der Waals surface area contributed by atoms with Crippen LogP contribution < -0.4 is 5.32 Å². The van der Waals surface area contributed by atoms with Crippen LogP contribution in [0.2, 0.25) is 0 Å². The summed E-state index contributed by atoms with van der Waals surface area (Å²) in [6.07, 6.45) is 2.12. The number of rotatable bonds is 5. The second kappa shape index (κ2) is 5.69.